The summed E-state index contributed by atoms with van der Waals surface area (Å²) in [5.41, 5.74) is 0.539. The van der Waals surface area contributed by atoms with E-state index in [0.29, 0.717) is 5.57 Å². The van der Waals surface area contributed by atoms with E-state index in [1.165, 1.54) is 11.0 Å². The van der Waals surface area contributed by atoms with Gasteiger partial charge in [0, 0.05) is 17.7 Å². The van der Waals surface area contributed by atoms with Crippen molar-refractivity contribution in [1.29, 1.82) is 0 Å². The summed E-state index contributed by atoms with van der Waals surface area (Å²) in [6.07, 6.45) is 2.22. The third-order valence-corrected chi connectivity index (χ3v) is 2.57. The average Bonchev–Trinajstić information content (AvgIpc) is 2.37. The Bertz CT molecular complexity index is 308. The summed E-state index contributed by atoms with van der Waals surface area (Å²) in [4.78, 5) is 26.5. The van der Waals surface area contributed by atoms with Crippen molar-refractivity contribution in [3.05, 3.63) is 11.6 Å². The first-order valence-electron chi connectivity index (χ1n) is 5.14. The number of amides is 2. The molecule has 1 heterocycles. The van der Waals surface area contributed by atoms with E-state index in [2.05, 4.69) is 0 Å². The predicted octanol–water partition coefficient (Wildman–Crippen LogP) is 0.642. The molecule has 1 atom stereocenters. The van der Waals surface area contributed by atoms with Gasteiger partial charge in [0.25, 0.3) is 11.8 Å². The van der Waals surface area contributed by atoms with Crippen molar-refractivity contribution < 1.29 is 9.59 Å². The molecule has 0 bridgehead atoms. The lowest BCUT2D eigenvalue weighted by Crippen LogP contribution is -2.40. The van der Waals surface area contributed by atoms with Gasteiger partial charge in [-0.3, -0.25) is 14.5 Å². The summed E-state index contributed by atoms with van der Waals surface area (Å²) in [6, 6.07) is -0.0268. The Kier molecular flexibility index (Phi) is 3.63. The van der Waals surface area contributed by atoms with Gasteiger partial charge in [-0.1, -0.05) is 0 Å². The standard InChI is InChI=1S/C11H18N2O2/c1-8-7-10(14)13(11(8)15)9(2)5-6-12(3)4/h7,9H,5-6H2,1-4H3. The van der Waals surface area contributed by atoms with Gasteiger partial charge in [0.2, 0.25) is 0 Å². The quantitative estimate of drug-likeness (QED) is 0.639. The van der Waals surface area contributed by atoms with E-state index < -0.39 is 0 Å². The Hall–Kier alpha value is -1.16. The highest BCUT2D eigenvalue weighted by Gasteiger charge is 2.31. The Morgan fingerprint density at radius 1 is 1.40 bits per heavy atom. The molecule has 0 aromatic rings. The van der Waals surface area contributed by atoms with E-state index in [-0.39, 0.29) is 17.9 Å². The first-order chi connectivity index (χ1) is 6.93. The normalized spacial score (nSPS) is 18.7. The summed E-state index contributed by atoms with van der Waals surface area (Å²) in [5, 5.41) is 0. The van der Waals surface area contributed by atoms with Crippen LogP contribution in [0.25, 0.3) is 0 Å². The number of nitrogens with zero attached hydrogens (tertiary/aromatic N) is 2. The van der Waals surface area contributed by atoms with Gasteiger partial charge in [-0.2, -0.15) is 0 Å². The zero-order chi connectivity index (χ0) is 11.6. The van der Waals surface area contributed by atoms with Crippen molar-refractivity contribution in [2.45, 2.75) is 26.3 Å². The van der Waals surface area contributed by atoms with Crippen LogP contribution in [0, 0.1) is 0 Å². The maximum Gasteiger partial charge on any atom is 0.256 e. The van der Waals surface area contributed by atoms with Crippen LogP contribution in [-0.2, 0) is 9.59 Å². The number of rotatable bonds is 4. The van der Waals surface area contributed by atoms with Gasteiger partial charge in [-0.25, -0.2) is 0 Å². The third kappa shape index (κ3) is 2.65. The van der Waals surface area contributed by atoms with Gasteiger partial charge in [-0.15, -0.1) is 0 Å². The lowest BCUT2D eigenvalue weighted by molar-refractivity contribution is -0.139. The molecule has 0 aliphatic carbocycles. The summed E-state index contributed by atoms with van der Waals surface area (Å²) < 4.78 is 0. The second-order valence-electron chi connectivity index (χ2n) is 4.28. The van der Waals surface area contributed by atoms with Gasteiger partial charge >= 0.3 is 0 Å². The minimum atomic E-state index is -0.177. The van der Waals surface area contributed by atoms with Gasteiger partial charge in [-0.05, 0) is 40.9 Å². The molecular formula is C11H18N2O2. The zero-order valence-corrected chi connectivity index (χ0v) is 9.78. The molecule has 1 aliphatic rings. The van der Waals surface area contributed by atoms with Crippen LogP contribution in [-0.4, -0.2) is 48.3 Å². The number of carbonyl (C=O) groups excluding carboxylic acids is 2. The lowest BCUT2D eigenvalue weighted by atomic mass is 10.2. The molecule has 15 heavy (non-hydrogen) atoms. The highest BCUT2D eigenvalue weighted by atomic mass is 16.2. The maximum absolute atomic E-state index is 11.6. The second-order valence-corrected chi connectivity index (χ2v) is 4.28. The number of imide groups is 1. The maximum atomic E-state index is 11.6. The third-order valence-electron chi connectivity index (χ3n) is 2.57. The molecule has 84 valence electrons. The molecule has 0 aromatic carbocycles. The fourth-order valence-corrected chi connectivity index (χ4v) is 1.60. The molecule has 1 rings (SSSR count). The number of carbonyl (C=O) groups is 2. The van der Waals surface area contributed by atoms with Crippen molar-refractivity contribution in [2.75, 3.05) is 20.6 Å². The molecule has 1 aliphatic heterocycles. The van der Waals surface area contributed by atoms with Crippen LogP contribution in [0.3, 0.4) is 0 Å². The molecule has 0 fully saturated rings. The van der Waals surface area contributed by atoms with Gasteiger partial charge in [0.05, 0.1) is 0 Å². The Morgan fingerprint density at radius 3 is 2.40 bits per heavy atom. The highest BCUT2D eigenvalue weighted by molar-refractivity contribution is 6.16. The lowest BCUT2D eigenvalue weighted by Gasteiger charge is -2.24. The molecular weight excluding hydrogens is 192 g/mol. The largest absolute Gasteiger partial charge is 0.309 e. The van der Waals surface area contributed by atoms with Crippen LogP contribution in [0.15, 0.2) is 11.6 Å². The molecule has 4 heteroatoms. The van der Waals surface area contributed by atoms with Crippen molar-refractivity contribution in [3.63, 3.8) is 0 Å². The smallest absolute Gasteiger partial charge is 0.256 e. The number of hydrogen-bond donors (Lipinski definition) is 0. The van der Waals surface area contributed by atoms with E-state index in [0.717, 1.165) is 13.0 Å². The summed E-state index contributed by atoms with van der Waals surface area (Å²) in [6.45, 7) is 4.46. The Labute approximate surface area is 90.5 Å². The minimum Gasteiger partial charge on any atom is -0.309 e. The minimum absolute atomic E-state index is 0.0268. The van der Waals surface area contributed by atoms with Crippen LogP contribution in [0.4, 0.5) is 0 Å². The summed E-state index contributed by atoms with van der Waals surface area (Å²) in [5.74, 6) is -0.324. The van der Waals surface area contributed by atoms with Crippen molar-refractivity contribution in [1.82, 2.24) is 9.80 Å². The molecule has 0 N–H and O–H groups in total. The van der Waals surface area contributed by atoms with Gasteiger partial charge in [0.1, 0.15) is 0 Å². The van der Waals surface area contributed by atoms with E-state index in [1.807, 2.05) is 25.9 Å². The van der Waals surface area contributed by atoms with Crippen LogP contribution in [0.2, 0.25) is 0 Å². The van der Waals surface area contributed by atoms with Crippen molar-refractivity contribution in [2.24, 2.45) is 0 Å². The predicted molar refractivity (Wildman–Crippen MR) is 58.2 cm³/mol. The first-order valence-corrected chi connectivity index (χ1v) is 5.14. The van der Waals surface area contributed by atoms with E-state index in [4.69, 9.17) is 0 Å². The zero-order valence-electron chi connectivity index (χ0n) is 9.78. The van der Waals surface area contributed by atoms with Gasteiger partial charge < -0.3 is 4.90 Å². The molecule has 0 aromatic heterocycles. The van der Waals surface area contributed by atoms with E-state index in [9.17, 15) is 9.59 Å². The fourth-order valence-electron chi connectivity index (χ4n) is 1.60. The molecule has 0 spiro atoms. The SMILES string of the molecule is CC1=CC(=O)N(C(C)CCN(C)C)C1=O. The average molecular weight is 210 g/mol. The first kappa shape index (κ1) is 11.9. The van der Waals surface area contributed by atoms with Crippen LogP contribution in [0.5, 0.6) is 0 Å². The summed E-state index contributed by atoms with van der Waals surface area (Å²) >= 11 is 0. The van der Waals surface area contributed by atoms with Crippen LogP contribution >= 0.6 is 0 Å². The van der Waals surface area contributed by atoms with Crippen LogP contribution < -0.4 is 0 Å². The van der Waals surface area contributed by atoms with Crippen molar-refractivity contribution >= 4 is 11.8 Å². The second kappa shape index (κ2) is 4.57. The van der Waals surface area contributed by atoms with Crippen molar-refractivity contribution in [3.8, 4) is 0 Å². The molecule has 0 saturated heterocycles. The molecule has 0 saturated carbocycles. The van der Waals surface area contributed by atoms with E-state index in [1.54, 1.807) is 6.92 Å². The fraction of sp³-hybridized carbons (Fsp3) is 0.636. The van der Waals surface area contributed by atoms with Gasteiger partial charge in [0.15, 0.2) is 0 Å². The Morgan fingerprint density at radius 2 is 2.00 bits per heavy atom. The molecule has 1 unspecified atom stereocenters. The molecule has 2 amide bonds. The van der Waals surface area contributed by atoms with E-state index >= 15 is 0 Å². The topological polar surface area (TPSA) is 40.6 Å². The van der Waals surface area contributed by atoms with Crippen LogP contribution in [0.1, 0.15) is 20.3 Å². The monoisotopic (exact) mass is 210 g/mol. The molecule has 4 nitrogen and oxygen atoms in total. The number of hydrogen-bond acceptors (Lipinski definition) is 3. The highest BCUT2D eigenvalue weighted by Crippen LogP contribution is 2.16. The summed E-state index contributed by atoms with van der Waals surface area (Å²) in [7, 11) is 3.95. The Balaban J connectivity index is 2.58. The molecule has 0 radical (unpaired) electrons.